The van der Waals surface area contributed by atoms with Gasteiger partial charge in [-0.3, -0.25) is 4.79 Å². The largest absolute Gasteiger partial charge is 0.481 e. The quantitative estimate of drug-likeness (QED) is 0.698. The van der Waals surface area contributed by atoms with Crippen LogP contribution in [-0.4, -0.2) is 12.0 Å². The minimum absolute atomic E-state index is 0.0361. The molecule has 0 aromatic heterocycles. The lowest BCUT2D eigenvalue weighted by molar-refractivity contribution is -0.127. The van der Waals surface area contributed by atoms with Gasteiger partial charge in [-0.15, -0.1) is 0 Å². The highest BCUT2D eigenvalue weighted by molar-refractivity contribution is 5.84. The van der Waals surface area contributed by atoms with Crippen LogP contribution in [0.15, 0.2) is 60.7 Å². The number of ether oxygens (including phenoxy) is 1. The summed E-state index contributed by atoms with van der Waals surface area (Å²) in [5.41, 5.74) is 4.03. The zero-order valence-corrected chi connectivity index (χ0v) is 15.9. The Labute approximate surface area is 160 Å². The third kappa shape index (κ3) is 3.82. The molecule has 0 spiro atoms. The van der Waals surface area contributed by atoms with Gasteiger partial charge in [0.1, 0.15) is 5.75 Å². The second-order valence-electron chi connectivity index (χ2n) is 7.38. The smallest absolute Gasteiger partial charge is 0.261 e. The van der Waals surface area contributed by atoms with E-state index in [1.807, 2.05) is 43.3 Å². The van der Waals surface area contributed by atoms with Crippen LogP contribution in [0.2, 0.25) is 0 Å². The molecule has 3 nitrogen and oxygen atoms in total. The molecule has 2 atom stereocenters. The number of benzene rings is 3. The summed E-state index contributed by atoms with van der Waals surface area (Å²) in [5, 5.41) is 5.35. The summed E-state index contributed by atoms with van der Waals surface area (Å²) >= 11 is 0. The lowest BCUT2D eigenvalue weighted by Gasteiger charge is -2.20. The van der Waals surface area contributed by atoms with E-state index in [0.29, 0.717) is 5.75 Å². The molecule has 3 aromatic rings. The van der Waals surface area contributed by atoms with E-state index >= 15 is 0 Å². The molecule has 27 heavy (non-hydrogen) atoms. The van der Waals surface area contributed by atoms with Gasteiger partial charge in [0.15, 0.2) is 6.10 Å². The predicted octanol–water partition coefficient (Wildman–Crippen LogP) is 4.97. The minimum Gasteiger partial charge on any atom is -0.481 e. The van der Waals surface area contributed by atoms with Gasteiger partial charge in [-0.1, -0.05) is 48.5 Å². The summed E-state index contributed by atoms with van der Waals surface area (Å²) in [6.07, 6.45) is 3.00. The molecule has 1 aliphatic rings. The highest BCUT2D eigenvalue weighted by Crippen LogP contribution is 2.26. The van der Waals surface area contributed by atoms with Gasteiger partial charge < -0.3 is 10.1 Å². The van der Waals surface area contributed by atoms with Crippen molar-refractivity contribution in [3.8, 4) is 5.75 Å². The van der Waals surface area contributed by atoms with E-state index in [1.54, 1.807) is 6.92 Å². The average molecular weight is 359 g/mol. The normalized spacial score (nSPS) is 15.2. The van der Waals surface area contributed by atoms with Gasteiger partial charge in [0.25, 0.3) is 5.91 Å². The van der Waals surface area contributed by atoms with Crippen LogP contribution in [0.3, 0.4) is 0 Å². The van der Waals surface area contributed by atoms with Crippen LogP contribution in [0, 0.1) is 0 Å². The summed E-state index contributed by atoms with van der Waals surface area (Å²) in [6, 6.07) is 20.6. The van der Waals surface area contributed by atoms with Gasteiger partial charge >= 0.3 is 0 Å². The molecule has 0 radical (unpaired) electrons. The molecule has 3 aromatic carbocycles. The molecule has 0 aliphatic heterocycles. The Kier molecular flexibility index (Phi) is 4.85. The number of rotatable bonds is 5. The van der Waals surface area contributed by atoms with Crippen LogP contribution in [0.25, 0.3) is 10.8 Å². The van der Waals surface area contributed by atoms with Gasteiger partial charge in [-0.05, 0) is 72.7 Å². The van der Waals surface area contributed by atoms with Gasteiger partial charge in [0.2, 0.25) is 0 Å². The summed E-state index contributed by atoms with van der Waals surface area (Å²) in [5.74, 6) is 0.609. The van der Waals surface area contributed by atoms with E-state index in [0.717, 1.165) is 22.8 Å². The van der Waals surface area contributed by atoms with Crippen LogP contribution in [0.1, 0.15) is 43.0 Å². The first-order chi connectivity index (χ1) is 13.1. The van der Waals surface area contributed by atoms with Gasteiger partial charge in [0, 0.05) is 0 Å². The Hall–Kier alpha value is -2.81. The van der Waals surface area contributed by atoms with Crippen molar-refractivity contribution in [2.45, 2.75) is 45.3 Å². The highest BCUT2D eigenvalue weighted by Gasteiger charge is 2.19. The summed E-state index contributed by atoms with van der Waals surface area (Å²) in [6.45, 7) is 3.82. The van der Waals surface area contributed by atoms with Crippen LogP contribution < -0.4 is 10.1 Å². The van der Waals surface area contributed by atoms with Gasteiger partial charge in [0.05, 0.1) is 6.04 Å². The topological polar surface area (TPSA) is 38.3 Å². The van der Waals surface area contributed by atoms with E-state index in [4.69, 9.17) is 4.74 Å². The molecule has 0 heterocycles. The molecule has 1 amide bonds. The first kappa shape index (κ1) is 17.6. The lowest BCUT2D eigenvalue weighted by Crippen LogP contribution is -2.37. The molecule has 0 saturated carbocycles. The van der Waals surface area contributed by atoms with Crippen LogP contribution in [0.5, 0.6) is 5.75 Å². The number of carbonyl (C=O) groups is 1. The monoisotopic (exact) mass is 359 g/mol. The number of amides is 1. The zero-order valence-electron chi connectivity index (χ0n) is 15.9. The zero-order chi connectivity index (χ0) is 18.8. The first-order valence-corrected chi connectivity index (χ1v) is 9.68. The molecule has 138 valence electrons. The SMILES string of the molecule is C[C@H](Oc1ccc2ccccc2c1)C(=O)N[C@H](C)c1ccc2c(c1)CCC2. The van der Waals surface area contributed by atoms with Crippen LogP contribution >= 0.6 is 0 Å². The maximum Gasteiger partial charge on any atom is 0.261 e. The maximum absolute atomic E-state index is 12.6. The number of carbonyl (C=O) groups excluding carboxylic acids is 1. The Bertz CT molecular complexity index is 979. The fraction of sp³-hybridized carbons (Fsp3) is 0.292. The molecule has 4 rings (SSSR count). The number of nitrogens with one attached hydrogen (secondary N) is 1. The van der Waals surface area contributed by atoms with Crippen molar-refractivity contribution in [1.82, 2.24) is 5.32 Å². The molecule has 3 heteroatoms. The van der Waals surface area contributed by atoms with E-state index in [2.05, 4.69) is 29.6 Å². The Balaban J connectivity index is 1.40. The van der Waals surface area contributed by atoms with E-state index in [-0.39, 0.29) is 11.9 Å². The molecule has 1 aliphatic carbocycles. The number of hydrogen-bond donors (Lipinski definition) is 1. The van der Waals surface area contributed by atoms with Crippen molar-refractivity contribution in [3.05, 3.63) is 77.4 Å². The second kappa shape index (κ2) is 7.43. The maximum atomic E-state index is 12.6. The Morgan fingerprint density at radius 1 is 0.926 bits per heavy atom. The van der Waals surface area contributed by atoms with Crippen molar-refractivity contribution in [1.29, 1.82) is 0 Å². The predicted molar refractivity (Wildman–Crippen MR) is 109 cm³/mol. The third-order valence-corrected chi connectivity index (χ3v) is 5.38. The number of hydrogen-bond acceptors (Lipinski definition) is 2. The van der Waals surface area contributed by atoms with Crippen LogP contribution in [0.4, 0.5) is 0 Å². The first-order valence-electron chi connectivity index (χ1n) is 9.68. The Morgan fingerprint density at radius 3 is 2.56 bits per heavy atom. The molecular weight excluding hydrogens is 334 g/mol. The minimum atomic E-state index is -0.553. The van der Waals surface area contributed by atoms with Crippen molar-refractivity contribution in [2.24, 2.45) is 0 Å². The molecule has 1 N–H and O–H groups in total. The fourth-order valence-corrected chi connectivity index (χ4v) is 3.77. The van der Waals surface area contributed by atoms with Gasteiger partial charge in [-0.25, -0.2) is 0 Å². The number of fused-ring (bicyclic) bond motifs is 2. The average Bonchev–Trinajstić information content (AvgIpc) is 3.15. The molecule has 0 unspecified atom stereocenters. The summed E-state index contributed by atoms with van der Waals surface area (Å²) in [7, 11) is 0. The van der Waals surface area contributed by atoms with Crippen molar-refractivity contribution < 1.29 is 9.53 Å². The van der Waals surface area contributed by atoms with Crippen molar-refractivity contribution in [3.63, 3.8) is 0 Å². The molecule has 0 saturated heterocycles. The van der Waals surface area contributed by atoms with Crippen molar-refractivity contribution >= 4 is 16.7 Å². The van der Waals surface area contributed by atoms with Crippen LogP contribution in [-0.2, 0) is 17.6 Å². The molecule has 0 bridgehead atoms. The second-order valence-corrected chi connectivity index (χ2v) is 7.38. The van der Waals surface area contributed by atoms with Crippen molar-refractivity contribution in [2.75, 3.05) is 0 Å². The number of aryl methyl sites for hydroxylation is 2. The third-order valence-electron chi connectivity index (χ3n) is 5.38. The Morgan fingerprint density at radius 2 is 1.70 bits per heavy atom. The standard InChI is InChI=1S/C24H25NO2/c1-16(20-11-10-19-8-5-9-21(19)14-20)25-24(26)17(2)27-23-13-12-18-6-3-4-7-22(18)15-23/h3-4,6-7,10-17H,5,8-9H2,1-2H3,(H,25,26)/t16-,17+/m1/s1. The summed E-state index contributed by atoms with van der Waals surface area (Å²) in [4.78, 5) is 12.6. The van der Waals surface area contributed by atoms with E-state index in [1.165, 1.54) is 24.0 Å². The molecule has 0 fully saturated rings. The molecular formula is C24H25NO2. The summed E-state index contributed by atoms with van der Waals surface area (Å²) < 4.78 is 5.88. The fourth-order valence-electron chi connectivity index (χ4n) is 3.77. The van der Waals surface area contributed by atoms with Gasteiger partial charge in [-0.2, -0.15) is 0 Å². The van der Waals surface area contributed by atoms with E-state index in [9.17, 15) is 4.79 Å². The lowest BCUT2D eigenvalue weighted by atomic mass is 10.0. The highest BCUT2D eigenvalue weighted by atomic mass is 16.5. The van der Waals surface area contributed by atoms with E-state index < -0.39 is 6.10 Å².